The van der Waals surface area contributed by atoms with Gasteiger partial charge in [0.15, 0.2) is 17.7 Å². The maximum absolute atomic E-state index is 13.0. The molecule has 0 saturated carbocycles. The Bertz CT molecular complexity index is 476. The number of benzene rings is 1. The SMILES string of the molecule is CC(Oc1ccc(F)c(F)c1)C(=O)NC1CCNCC1. The fourth-order valence-electron chi connectivity index (χ4n) is 2.09. The highest BCUT2D eigenvalue weighted by Crippen LogP contribution is 2.17. The van der Waals surface area contributed by atoms with E-state index in [-0.39, 0.29) is 17.7 Å². The summed E-state index contributed by atoms with van der Waals surface area (Å²) < 4.78 is 31.1. The van der Waals surface area contributed by atoms with Crippen LogP contribution >= 0.6 is 0 Å². The van der Waals surface area contributed by atoms with E-state index in [0.29, 0.717) is 0 Å². The molecule has 2 N–H and O–H groups in total. The van der Waals surface area contributed by atoms with Crippen LogP contribution in [0.4, 0.5) is 8.78 Å². The first-order chi connectivity index (χ1) is 9.56. The lowest BCUT2D eigenvalue weighted by molar-refractivity contribution is -0.128. The number of piperidine rings is 1. The predicted octanol–water partition coefficient (Wildman–Crippen LogP) is 1.60. The quantitative estimate of drug-likeness (QED) is 0.883. The summed E-state index contributed by atoms with van der Waals surface area (Å²) in [5.41, 5.74) is 0. The molecule has 1 amide bonds. The highest BCUT2D eigenvalue weighted by atomic mass is 19.2. The Balaban J connectivity index is 1.88. The van der Waals surface area contributed by atoms with E-state index in [4.69, 9.17) is 4.74 Å². The van der Waals surface area contributed by atoms with E-state index in [2.05, 4.69) is 10.6 Å². The zero-order valence-corrected chi connectivity index (χ0v) is 11.3. The molecule has 20 heavy (non-hydrogen) atoms. The van der Waals surface area contributed by atoms with Crippen LogP contribution in [0.3, 0.4) is 0 Å². The highest BCUT2D eigenvalue weighted by Gasteiger charge is 2.20. The van der Waals surface area contributed by atoms with Crippen LogP contribution in [0, 0.1) is 11.6 Å². The molecule has 1 atom stereocenters. The average Bonchev–Trinajstić information content (AvgIpc) is 2.44. The van der Waals surface area contributed by atoms with Gasteiger partial charge in [0.2, 0.25) is 0 Å². The van der Waals surface area contributed by atoms with Crippen LogP contribution in [0.1, 0.15) is 19.8 Å². The van der Waals surface area contributed by atoms with Gasteiger partial charge in [-0.3, -0.25) is 4.79 Å². The summed E-state index contributed by atoms with van der Waals surface area (Å²) in [6.45, 7) is 3.34. The monoisotopic (exact) mass is 284 g/mol. The number of halogens is 2. The topological polar surface area (TPSA) is 50.4 Å². The molecule has 1 aromatic rings. The molecule has 1 saturated heterocycles. The number of nitrogens with one attached hydrogen (secondary N) is 2. The van der Waals surface area contributed by atoms with Gasteiger partial charge in [-0.25, -0.2) is 8.78 Å². The van der Waals surface area contributed by atoms with Gasteiger partial charge < -0.3 is 15.4 Å². The number of rotatable bonds is 4. The summed E-state index contributed by atoms with van der Waals surface area (Å²) in [6, 6.07) is 3.35. The number of ether oxygens (including phenoxy) is 1. The third kappa shape index (κ3) is 3.90. The summed E-state index contributed by atoms with van der Waals surface area (Å²) in [5, 5.41) is 6.10. The molecule has 0 aliphatic carbocycles. The van der Waals surface area contributed by atoms with Gasteiger partial charge in [-0.05, 0) is 45.0 Å². The second-order valence-electron chi connectivity index (χ2n) is 4.87. The molecule has 0 spiro atoms. The molecule has 0 bridgehead atoms. The highest BCUT2D eigenvalue weighted by molar-refractivity contribution is 5.81. The van der Waals surface area contributed by atoms with E-state index in [1.165, 1.54) is 6.07 Å². The molecule has 1 heterocycles. The first-order valence-electron chi connectivity index (χ1n) is 6.69. The fourth-order valence-corrected chi connectivity index (χ4v) is 2.09. The predicted molar refractivity (Wildman–Crippen MR) is 70.5 cm³/mol. The second kappa shape index (κ2) is 6.65. The Kier molecular flexibility index (Phi) is 4.89. The van der Waals surface area contributed by atoms with Crippen molar-refractivity contribution in [1.29, 1.82) is 0 Å². The van der Waals surface area contributed by atoms with E-state index >= 15 is 0 Å². The summed E-state index contributed by atoms with van der Waals surface area (Å²) in [7, 11) is 0. The minimum Gasteiger partial charge on any atom is -0.481 e. The molecular weight excluding hydrogens is 266 g/mol. The van der Waals surface area contributed by atoms with Gasteiger partial charge in [-0.1, -0.05) is 0 Å². The minimum absolute atomic E-state index is 0.136. The molecule has 1 aliphatic rings. The van der Waals surface area contributed by atoms with Gasteiger partial charge in [0.1, 0.15) is 5.75 Å². The Morgan fingerprint density at radius 1 is 1.35 bits per heavy atom. The van der Waals surface area contributed by atoms with Crippen LogP contribution in [0.2, 0.25) is 0 Å². The zero-order chi connectivity index (χ0) is 14.5. The van der Waals surface area contributed by atoms with E-state index in [9.17, 15) is 13.6 Å². The third-order valence-corrected chi connectivity index (χ3v) is 3.26. The van der Waals surface area contributed by atoms with Gasteiger partial charge in [0.05, 0.1) is 0 Å². The number of carbonyl (C=O) groups is 1. The zero-order valence-electron chi connectivity index (χ0n) is 11.3. The van der Waals surface area contributed by atoms with Crippen LogP contribution in [-0.4, -0.2) is 31.1 Å². The molecule has 1 aromatic carbocycles. The van der Waals surface area contributed by atoms with Gasteiger partial charge in [0, 0.05) is 12.1 Å². The first-order valence-corrected chi connectivity index (χ1v) is 6.69. The Hall–Kier alpha value is -1.69. The number of hydrogen-bond donors (Lipinski definition) is 2. The van der Waals surface area contributed by atoms with Crippen molar-refractivity contribution in [3.8, 4) is 5.75 Å². The van der Waals surface area contributed by atoms with E-state index in [0.717, 1.165) is 38.1 Å². The maximum atomic E-state index is 13.0. The summed E-state index contributed by atoms with van der Waals surface area (Å²) in [5.74, 6) is -2.05. The minimum atomic E-state index is -0.992. The molecule has 2 rings (SSSR count). The number of carbonyl (C=O) groups excluding carboxylic acids is 1. The fraction of sp³-hybridized carbons (Fsp3) is 0.500. The molecule has 0 aromatic heterocycles. The number of amides is 1. The van der Waals surface area contributed by atoms with E-state index in [1.54, 1.807) is 6.92 Å². The molecule has 1 unspecified atom stereocenters. The lowest BCUT2D eigenvalue weighted by Gasteiger charge is -2.25. The Labute approximate surface area is 116 Å². The molecule has 6 heteroatoms. The van der Waals surface area contributed by atoms with Crippen molar-refractivity contribution < 1.29 is 18.3 Å². The molecule has 0 radical (unpaired) electrons. The summed E-state index contributed by atoms with van der Waals surface area (Å²) in [6.07, 6.45) is 1.00. The van der Waals surface area contributed by atoms with Crippen LogP contribution in [-0.2, 0) is 4.79 Å². The first kappa shape index (κ1) is 14.7. The van der Waals surface area contributed by atoms with Crippen molar-refractivity contribution in [2.24, 2.45) is 0 Å². The van der Waals surface area contributed by atoms with Crippen LogP contribution in [0.15, 0.2) is 18.2 Å². The maximum Gasteiger partial charge on any atom is 0.260 e. The summed E-state index contributed by atoms with van der Waals surface area (Å²) in [4.78, 5) is 11.9. The van der Waals surface area contributed by atoms with Crippen molar-refractivity contribution in [3.05, 3.63) is 29.8 Å². The van der Waals surface area contributed by atoms with Gasteiger partial charge >= 0.3 is 0 Å². The van der Waals surface area contributed by atoms with E-state index in [1.807, 2.05) is 0 Å². The Morgan fingerprint density at radius 3 is 2.70 bits per heavy atom. The van der Waals surface area contributed by atoms with Gasteiger partial charge in [-0.15, -0.1) is 0 Å². The Morgan fingerprint density at radius 2 is 2.05 bits per heavy atom. The standard InChI is InChI=1S/C14H18F2N2O2/c1-9(14(19)18-10-4-6-17-7-5-10)20-11-2-3-12(15)13(16)8-11/h2-3,8-10,17H,4-7H2,1H3,(H,18,19). The molecule has 1 fully saturated rings. The molecule has 1 aliphatic heterocycles. The summed E-state index contributed by atoms with van der Waals surface area (Å²) >= 11 is 0. The largest absolute Gasteiger partial charge is 0.481 e. The molecular formula is C14H18F2N2O2. The molecule has 110 valence electrons. The van der Waals surface area contributed by atoms with Gasteiger partial charge in [0.25, 0.3) is 5.91 Å². The van der Waals surface area contributed by atoms with E-state index < -0.39 is 17.7 Å². The van der Waals surface area contributed by atoms with Crippen molar-refractivity contribution in [2.45, 2.75) is 31.9 Å². The average molecular weight is 284 g/mol. The lowest BCUT2D eigenvalue weighted by atomic mass is 10.1. The van der Waals surface area contributed by atoms with Crippen LogP contribution in [0.5, 0.6) is 5.75 Å². The van der Waals surface area contributed by atoms with Crippen molar-refractivity contribution in [2.75, 3.05) is 13.1 Å². The molecule has 4 nitrogen and oxygen atoms in total. The van der Waals surface area contributed by atoms with Gasteiger partial charge in [-0.2, -0.15) is 0 Å². The lowest BCUT2D eigenvalue weighted by Crippen LogP contribution is -2.46. The smallest absolute Gasteiger partial charge is 0.260 e. The van der Waals surface area contributed by atoms with Crippen molar-refractivity contribution in [3.63, 3.8) is 0 Å². The second-order valence-corrected chi connectivity index (χ2v) is 4.87. The normalized spacial score (nSPS) is 17.6. The van der Waals surface area contributed by atoms with Crippen LogP contribution < -0.4 is 15.4 Å². The third-order valence-electron chi connectivity index (χ3n) is 3.26. The van der Waals surface area contributed by atoms with Crippen LogP contribution in [0.25, 0.3) is 0 Å². The number of hydrogen-bond acceptors (Lipinski definition) is 3. The van der Waals surface area contributed by atoms with Crippen molar-refractivity contribution in [1.82, 2.24) is 10.6 Å². The van der Waals surface area contributed by atoms with Crippen molar-refractivity contribution >= 4 is 5.91 Å².